The molecule has 0 unspecified atom stereocenters. The summed E-state index contributed by atoms with van der Waals surface area (Å²) >= 11 is 0. The van der Waals surface area contributed by atoms with Gasteiger partial charge in [-0.1, -0.05) is 6.58 Å². The van der Waals surface area contributed by atoms with Crippen molar-refractivity contribution in [2.24, 2.45) is 0 Å². The Morgan fingerprint density at radius 2 is 2.13 bits per heavy atom. The first kappa shape index (κ1) is 10.9. The Hall–Kier alpha value is -2.17. The van der Waals surface area contributed by atoms with Crippen LogP contribution in [0, 0.1) is 5.82 Å². The number of hydrogen-bond donors (Lipinski definition) is 2. The fourth-order valence-corrected chi connectivity index (χ4v) is 0.933. The predicted octanol–water partition coefficient (Wildman–Crippen LogP) is 1.65. The van der Waals surface area contributed by atoms with E-state index in [9.17, 15) is 14.0 Å². The smallest absolute Gasteiger partial charge is 0.335 e. The van der Waals surface area contributed by atoms with Crippen molar-refractivity contribution >= 4 is 17.6 Å². The van der Waals surface area contributed by atoms with Crippen LogP contribution < -0.4 is 5.32 Å². The zero-order chi connectivity index (χ0) is 11.4. The Labute approximate surface area is 85.0 Å². The van der Waals surface area contributed by atoms with Gasteiger partial charge in [0.15, 0.2) is 0 Å². The first-order valence-corrected chi connectivity index (χ1v) is 4.01. The van der Waals surface area contributed by atoms with E-state index in [1.807, 2.05) is 0 Å². The summed E-state index contributed by atoms with van der Waals surface area (Å²) in [6, 6.07) is 3.21. The fourth-order valence-electron chi connectivity index (χ4n) is 0.933. The lowest BCUT2D eigenvalue weighted by atomic mass is 10.2. The van der Waals surface area contributed by atoms with Crippen molar-refractivity contribution in [2.75, 3.05) is 5.32 Å². The third kappa shape index (κ3) is 2.63. The molecule has 2 N–H and O–H groups in total. The second kappa shape index (κ2) is 4.36. The number of nitrogens with one attached hydrogen (secondary N) is 1. The molecule has 0 atom stereocenters. The highest BCUT2D eigenvalue weighted by Gasteiger charge is 2.08. The van der Waals surface area contributed by atoms with Gasteiger partial charge >= 0.3 is 5.97 Å². The Morgan fingerprint density at radius 3 is 2.60 bits per heavy atom. The Kier molecular flexibility index (Phi) is 3.17. The number of aromatic carboxylic acids is 1. The number of carboxylic acids is 1. The molecular formula is C10H8FNO3. The number of amides is 1. The summed E-state index contributed by atoms with van der Waals surface area (Å²) in [4.78, 5) is 21.3. The predicted molar refractivity (Wildman–Crippen MR) is 52.2 cm³/mol. The SMILES string of the molecule is C=CC(=O)Nc1ccc(C(=O)O)cc1F. The summed E-state index contributed by atoms with van der Waals surface area (Å²) in [5, 5.41) is 10.8. The molecule has 0 aliphatic carbocycles. The molecule has 0 spiro atoms. The monoisotopic (exact) mass is 209 g/mol. The maximum absolute atomic E-state index is 13.2. The van der Waals surface area contributed by atoms with E-state index in [0.29, 0.717) is 0 Å². The van der Waals surface area contributed by atoms with Crippen LogP contribution in [0.25, 0.3) is 0 Å². The van der Waals surface area contributed by atoms with Crippen LogP contribution in [0.4, 0.5) is 10.1 Å². The molecule has 1 aromatic carbocycles. The van der Waals surface area contributed by atoms with Crippen LogP contribution in [-0.2, 0) is 4.79 Å². The zero-order valence-corrected chi connectivity index (χ0v) is 7.66. The van der Waals surface area contributed by atoms with Crippen LogP contribution in [0.1, 0.15) is 10.4 Å². The molecule has 0 aliphatic heterocycles. The number of carboxylic acid groups (broad SMARTS) is 1. The lowest BCUT2D eigenvalue weighted by Gasteiger charge is -2.04. The van der Waals surface area contributed by atoms with Crippen LogP contribution >= 0.6 is 0 Å². The molecule has 78 valence electrons. The lowest BCUT2D eigenvalue weighted by Crippen LogP contribution is -2.09. The summed E-state index contributed by atoms with van der Waals surface area (Å²) in [5.41, 5.74) is -0.256. The van der Waals surface area contributed by atoms with E-state index < -0.39 is 17.7 Å². The molecule has 0 fully saturated rings. The number of hydrogen-bond acceptors (Lipinski definition) is 2. The molecule has 4 nitrogen and oxygen atoms in total. The third-order valence-corrected chi connectivity index (χ3v) is 1.66. The standard InChI is InChI=1S/C10H8FNO3/c1-2-9(13)12-8-4-3-6(10(14)15)5-7(8)11/h2-5H,1H2,(H,12,13)(H,14,15). The van der Waals surface area contributed by atoms with E-state index in [1.165, 1.54) is 12.1 Å². The summed E-state index contributed by atoms with van der Waals surface area (Å²) in [6.45, 7) is 3.20. The maximum Gasteiger partial charge on any atom is 0.335 e. The highest BCUT2D eigenvalue weighted by Crippen LogP contribution is 2.15. The molecular weight excluding hydrogens is 201 g/mol. The van der Waals surface area contributed by atoms with Crippen molar-refractivity contribution < 1.29 is 19.1 Å². The molecule has 1 rings (SSSR count). The zero-order valence-electron chi connectivity index (χ0n) is 7.66. The lowest BCUT2D eigenvalue weighted by molar-refractivity contribution is -0.111. The van der Waals surface area contributed by atoms with Crippen molar-refractivity contribution in [3.8, 4) is 0 Å². The molecule has 0 radical (unpaired) electrons. The van der Waals surface area contributed by atoms with Gasteiger partial charge in [-0.15, -0.1) is 0 Å². The van der Waals surface area contributed by atoms with Crippen LogP contribution in [0.5, 0.6) is 0 Å². The quantitative estimate of drug-likeness (QED) is 0.744. The minimum Gasteiger partial charge on any atom is -0.478 e. The molecule has 15 heavy (non-hydrogen) atoms. The highest BCUT2D eigenvalue weighted by atomic mass is 19.1. The van der Waals surface area contributed by atoms with Crippen LogP contribution in [0.3, 0.4) is 0 Å². The van der Waals surface area contributed by atoms with Gasteiger partial charge in [-0.3, -0.25) is 4.79 Å². The maximum atomic E-state index is 13.2. The number of carbonyl (C=O) groups is 2. The van der Waals surface area contributed by atoms with Gasteiger partial charge in [0, 0.05) is 0 Å². The molecule has 5 heteroatoms. The minimum atomic E-state index is -1.23. The fraction of sp³-hybridized carbons (Fsp3) is 0. The summed E-state index contributed by atoms with van der Waals surface area (Å²) < 4.78 is 13.2. The number of halogens is 1. The Bertz CT molecular complexity index is 429. The second-order valence-electron chi connectivity index (χ2n) is 2.69. The summed E-state index contributed by atoms with van der Waals surface area (Å²) in [7, 11) is 0. The van der Waals surface area contributed by atoms with Crippen LogP contribution in [0.15, 0.2) is 30.9 Å². The normalized spacial score (nSPS) is 9.40. The van der Waals surface area contributed by atoms with E-state index in [1.54, 1.807) is 0 Å². The molecule has 1 aromatic rings. The highest BCUT2D eigenvalue weighted by molar-refractivity contribution is 5.99. The number of benzene rings is 1. The van der Waals surface area contributed by atoms with E-state index >= 15 is 0 Å². The van der Waals surface area contributed by atoms with Gasteiger partial charge in [-0.25, -0.2) is 9.18 Å². The van der Waals surface area contributed by atoms with Gasteiger partial charge < -0.3 is 10.4 Å². The Morgan fingerprint density at radius 1 is 1.47 bits per heavy atom. The molecule has 0 aliphatic rings. The van der Waals surface area contributed by atoms with Crippen molar-refractivity contribution in [2.45, 2.75) is 0 Å². The van der Waals surface area contributed by atoms with E-state index in [-0.39, 0.29) is 11.3 Å². The van der Waals surface area contributed by atoms with Crippen LogP contribution in [-0.4, -0.2) is 17.0 Å². The van der Waals surface area contributed by atoms with Gasteiger partial charge in [-0.2, -0.15) is 0 Å². The number of carbonyl (C=O) groups excluding carboxylic acids is 1. The van der Waals surface area contributed by atoms with Gasteiger partial charge in [0.05, 0.1) is 11.3 Å². The second-order valence-corrected chi connectivity index (χ2v) is 2.69. The molecule has 0 saturated carbocycles. The van der Waals surface area contributed by atoms with Crippen molar-refractivity contribution in [3.63, 3.8) is 0 Å². The van der Waals surface area contributed by atoms with E-state index in [2.05, 4.69) is 11.9 Å². The van der Waals surface area contributed by atoms with Gasteiger partial charge in [0.1, 0.15) is 5.82 Å². The topological polar surface area (TPSA) is 66.4 Å². The number of rotatable bonds is 3. The molecule has 0 aromatic heterocycles. The summed E-state index contributed by atoms with van der Waals surface area (Å²) in [6.07, 6.45) is 0.991. The van der Waals surface area contributed by atoms with Crippen molar-refractivity contribution in [3.05, 3.63) is 42.2 Å². The van der Waals surface area contributed by atoms with E-state index in [0.717, 1.165) is 12.1 Å². The first-order valence-electron chi connectivity index (χ1n) is 4.01. The average molecular weight is 209 g/mol. The molecule has 0 saturated heterocycles. The summed E-state index contributed by atoms with van der Waals surface area (Å²) in [5.74, 6) is -2.59. The van der Waals surface area contributed by atoms with Crippen molar-refractivity contribution in [1.29, 1.82) is 0 Å². The molecule has 1 amide bonds. The van der Waals surface area contributed by atoms with Gasteiger partial charge in [0.25, 0.3) is 0 Å². The van der Waals surface area contributed by atoms with Gasteiger partial charge in [-0.05, 0) is 24.3 Å². The minimum absolute atomic E-state index is 0.0788. The molecule has 0 bridgehead atoms. The van der Waals surface area contributed by atoms with Crippen LogP contribution in [0.2, 0.25) is 0 Å². The van der Waals surface area contributed by atoms with Crippen molar-refractivity contribution in [1.82, 2.24) is 0 Å². The van der Waals surface area contributed by atoms with Gasteiger partial charge in [0.2, 0.25) is 5.91 Å². The first-order chi connectivity index (χ1) is 7.04. The average Bonchev–Trinajstić information content (AvgIpc) is 2.20. The third-order valence-electron chi connectivity index (χ3n) is 1.66. The van der Waals surface area contributed by atoms with E-state index in [4.69, 9.17) is 5.11 Å². The largest absolute Gasteiger partial charge is 0.478 e. The Balaban J connectivity index is 2.98. The number of anilines is 1. The molecule has 0 heterocycles.